The van der Waals surface area contributed by atoms with Crippen LogP contribution in [0.2, 0.25) is 0 Å². The Labute approximate surface area is 105 Å². The molecule has 0 spiro atoms. The van der Waals surface area contributed by atoms with Gasteiger partial charge in [0.1, 0.15) is 12.4 Å². The van der Waals surface area contributed by atoms with Crippen molar-refractivity contribution in [3.05, 3.63) is 54.0 Å². The summed E-state index contributed by atoms with van der Waals surface area (Å²) in [5, 5.41) is 0. The Kier molecular flexibility index (Phi) is 3.98. The molecule has 0 aliphatic carbocycles. The second kappa shape index (κ2) is 5.88. The van der Waals surface area contributed by atoms with Crippen molar-refractivity contribution in [2.45, 2.75) is 6.61 Å². The summed E-state index contributed by atoms with van der Waals surface area (Å²) in [6.07, 6.45) is 0. The highest BCUT2D eigenvalue weighted by atomic mass is 16.5. The molecule has 0 radical (unpaired) electrons. The number of hydrogen-bond acceptors (Lipinski definition) is 4. The zero-order chi connectivity index (χ0) is 12.8. The molecule has 1 amide bonds. The van der Waals surface area contributed by atoms with Gasteiger partial charge in [0, 0.05) is 7.11 Å². The van der Waals surface area contributed by atoms with Crippen LogP contribution in [0.15, 0.2) is 46.9 Å². The molecular formula is C13H14N2O3. The van der Waals surface area contributed by atoms with Gasteiger partial charge in [-0.1, -0.05) is 18.2 Å². The average molecular weight is 246 g/mol. The summed E-state index contributed by atoms with van der Waals surface area (Å²) in [7, 11) is 1.57. The summed E-state index contributed by atoms with van der Waals surface area (Å²) in [6, 6.07) is 12.7. The van der Waals surface area contributed by atoms with Crippen LogP contribution in [-0.2, 0) is 11.3 Å². The molecule has 1 aromatic carbocycles. The van der Waals surface area contributed by atoms with Crippen molar-refractivity contribution in [2.24, 2.45) is 0 Å². The first kappa shape index (κ1) is 12.2. The predicted octanol–water partition coefficient (Wildman–Crippen LogP) is 2.18. The number of carbonyl (C=O) groups is 1. The number of anilines is 1. The second-order valence-electron chi connectivity index (χ2n) is 3.64. The normalized spacial score (nSPS) is 10.1. The van der Waals surface area contributed by atoms with Crippen molar-refractivity contribution >= 4 is 11.6 Å². The molecule has 2 rings (SSSR count). The van der Waals surface area contributed by atoms with Gasteiger partial charge in [-0.3, -0.25) is 15.6 Å². The lowest BCUT2D eigenvalue weighted by Gasteiger charge is -2.06. The molecule has 0 fully saturated rings. The van der Waals surface area contributed by atoms with Crippen molar-refractivity contribution in [1.82, 2.24) is 5.43 Å². The summed E-state index contributed by atoms with van der Waals surface area (Å²) in [5.41, 5.74) is 6.14. The maximum absolute atomic E-state index is 11.7. The van der Waals surface area contributed by atoms with Crippen LogP contribution in [0.5, 0.6) is 0 Å². The Morgan fingerprint density at radius 3 is 2.72 bits per heavy atom. The van der Waals surface area contributed by atoms with Gasteiger partial charge in [-0.05, 0) is 24.3 Å². The Morgan fingerprint density at radius 2 is 2.00 bits per heavy atom. The highest BCUT2D eigenvalue weighted by Gasteiger charge is 2.10. The van der Waals surface area contributed by atoms with E-state index in [-0.39, 0.29) is 11.7 Å². The van der Waals surface area contributed by atoms with Crippen LogP contribution in [0.1, 0.15) is 16.3 Å². The number of benzene rings is 1. The van der Waals surface area contributed by atoms with Gasteiger partial charge in [0.05, 0.1) is 5.69 Å². The molecule has 0 aliphatic heterocycles. The number of hydrazine groups is 1. The number of rotatable bonds is 5. The third-order valence-corrected chi connectivity index (χ3v) is 2.27. The van der Waals surface area contributed by atoms with Crippen molar-refractivity contribution in [2.75, 3.05) is 12.5 Å². The van der Waals surface area contributed by atoms with Crippen LogP contribution in [0.3, 0.4) is 0 Å². The van der Waals surface area contributed by atoms with Crippen molar-refractivity contribution in [3.8, 4) is 0 Å². The number of para-hydroxylation sites is 1. The largest absolute Gasteiger partial charge is 0.453 e. The summed E-state index contributed by atoms with van der Waals surface area (Å²) >= 11 is 0. The summed E-state index contributed by atoms with van der Waals surface area (Å²) in [4.78, 5) is 11.7. The van der Waals surface area contributed by atoms with E-state index < -0.39 is 0 Å². The quantitative estimate of drug-likeness (QED) is 0.794. The van der Waals surface area contributed by atoms with Crippen LogP contribution >= 0.6 is 0 Å². The van der Waals surface area contributed by atoms with E-state index in [1.165, 1.54) is 0 Å². The van der Waals surface area contributed by atoms with Gasteiger partial charge in [-0.15, -0.1) is 0 Å². The van der Waals surface area contributed by atoms with E-state index in [0.29, 0.717) is 12.4 Å². The SMILES string of the molecule is COCc1ccc(C(=O)NNc2ccccc2)o1. The molecule has 2 aromatic rings. The van der Waals surface area contributed by atoms with E-state index >= 15 is 0 Å². The maximum atomic E-state index is 11.7. The molecule has 0 atom stereocenters. The first-order valence-electron chi connectivity index (χ1n) is 5.48. The summed E-state index contributed by atoms with van der Waals surface area (Å²) < 4.78 is 10.2. The molecule has 5 nitrogen and oxygen atoms in total. The lowest BCUT2D eigenvalue weighted by Crippen LogP contribution is -2.28. The van der Waals surface area contributed by atoms with Gasteiger partial charge in [0.25, 0.3) is 0 Å². The van der Waals surface area contributed by atoms with Crippen LogP contribution < -0.4 is 10.9 Å². The van der Waals surface area contributed by atoms with E-state index in [0.717, 1.165) is 5.69 Å². The molecule has 94 valence electrons. The van der Waals surface area contributed by atoms with Gasteiger partial charge in [-0.25, -0.2) is 0 Å². The zero-order valence-corrected chi connectivity index (χ0v) is 9.97. The van der Waals surface area contributed by atoms with Crippen molar-refractivity contribution < 1.29 is 13.9 Å². The summed E-state index contributed by atoms with van der Waals surface area (Å²) in [5.74, 6) is 0.522. The standard InChI is InChI=1S/C13H14N2O3/c1-17-9-11-7-8-12(18-11)13(16)15-14-10-5-3-2-4-6-10/h2-8,14H,9H2,1H3,(H,15,16). The van der Waals surface area contributed by atoms with Crippen LogP contribution in [-0.4, -0.2) is 13.0 Å². The lowest BCUT2D eigenvalue weighted by molar-refractivity contribution is 0.0926. The molecular weight excluding hydrogens is 232 g/mol. The molecule has 1 heterocycles. The minimum atomic E-state index is -0.332. The number of furan rings is 1. The smallest absolute Gasteiger partial charge is 0.305 e. The average Bonchev–Trinajstić information content (AvgIpc) is 2.86. The fourth-order valence-corrected chi connectivity index (χ4v) is 1.43. The minimum absolute atomic E-state index is 0.241. The van der Waals surface area contributed by atoms with E-state index in [9.17, 15) is 4.79 Å². The molecule has 1 aromatic heterocycles. The third kappa shape index (κ3) is 3.11. The topological polar surface area (TPSA) is 63.5 Å². The number of carbonyl (C=O) groups excluding carboxylic acids is 1. The van der Waals surface area contributed by atoms with Gasteiger partial charge in [-0.2, -0.15) is 0 Å². The minimum Gasteiger partial charge on any atom is -0.453 e. The number of hydrogen-bond donors (Lipinski definition) is 2. The second-order valence-corrected chi connectivity index (χ2v) is 3.64. The third-order valence-electron chi connectivity index (χ3n) is 2.27. The highest BCUT2D eigenvalue weighted by Crippen LogP contribution is 2.09. The van der Waals surface area contributed by atoms with E-state index in [1.807, 2.05) is 30.3 Å². The van der Waals surface area contributed by atoms with Gasteiger partial charge < -0.3 is 9.15 Å². The number of methoxy groups -OCH3 is 1. The fourth-order valence-electron chi connectivity index (χ4n) is 1.43. The van der Waals surface area contributed by atoms with Gasteiger partial charge in [0.15, 0.2) is 5.76 Å². The van der Waals surface area contributed by atoms with Crippen LogP contribution in [0.4, 0.5) is 5.69 Å². The highest BCUT2D eigenvalue weighted by molar-refractivity contribution is 5.92. The van der Waals surface area contributed by atoms with Gasteiger partial charge in [0.2, 0.25) is 0 Å². The Hall–Kier alpha value is -2.27. The molecule has 2 N–H and O–H groups in total. The molecule has 0 saturated carbocycles. The Bertz CT molecular complexity index is 508. The number of ether oxygens (including phenoxy) is 1. The zero-order valence-electron chi connectivity index (χ0n) is 9.97. The molecule has 0 unspecified atom stereocenters. The fraction of sp³-hybridized carbons (Fsp3) is 0.154. The first-order chi connectivity index (χ1) is 8.79. The molecule has 0 bridgehead atoms. The number of nitrogens with one attached hydrogen (secondary N) is 2. The molecule has 18 heavy (non-hydrogen) atoms. The molecule has 5 heteroatoms. The molecule has 0 aliphatic rings. The van der Waals surface area contributed by atoms with E-state index in [1.54, 1.807) is 19.2 Å². The Balaban J connectivity index is 1.91. The Morgan fingerprint density at radius 1 is 1.22 bits per heavy atom. The van der Waals surface area contributed by atoms with Crippen LogP contribution in [0.25, 0.3) is 0 Å². The molecule has 0 saturated heterocycles. The van der Waals surface area contributed by atoms with Crippen molar-refractivity contribution in [1.29, 1.82) is 0 Å². The maximum Gasteiger partial charge on any atom is 0.305 e. The summed E-state index contributed by atoms with van der Waals surface area (Å²) in [6.45, 7) is 0.347. The van der Waals surface area contributed by atoms with E-state index in [4.69, 9.17) is 9.15 Å². The first-order valence-corrected chi connectivity index (χ1v) is 5.48. The monoisotopic (exact) mass is 246 g/mol. The number of amides is 1. The predicted molar refractivity (Wildman–Crippen MR) is 67.0 cm³/mol. The van der Waals surface area contributed by atoms with E-state index in [2.05, 4.69) is 10.9 Å². The van der Waals surface area contributed by atoms with Crippen LogP contribution in [0, 0.1) is 0 Å². The van der Waals surface area contributed by atoms with Crippen molar-refractivity contribution in [3.63, 3.8) is 0 Å². The lowest BCUT2D eigenvalue weighted by atomic mass is 10.3. The van der Waals surface area contributed by atoms with Gasteiger partial charge >= 0.3 is 5.91 Å².